The van der Waals surface area contributed by atoms with Crippen LogP contribution in [0.4, 0.5) is 5.82 Å². The molecule has 1 aliphatic heterocycles. The second-order valence-electron chi connectivity index (χ2n) is 7.71. The van der Waals surface area contributed by atoms with Crippen LogP contribution in [-0.4, -0.2) is 43.7 Å². The largest absolute Gasteiger partial charge is 0.372 e. The minimum absolute atomic E-state index is 0.0152. The quantitative estimate of drug-likeness (QED) is 0.527. The summed E-state index contributed by atoms with van der Waals surface area (Å²) in [5, 5.41) is 8.58. The van der Waals surface area contributed by atoms with Crippen LogP contribution in [0.15, 0.2) is 47.4 Å². The van der Waals surface area contributed by atoms with Gasteiger partial charge in [-0.15, -0.1) is 0 Å². The maximum atomic E-state index is 13.6. The highest BCUT2D eigenvalue weighted by molar-refractivity contribution is 7.92. The molecule has 1 aliphatic rings. The Morgan fingerprint density at radius 1 is 1.09 bits per heavy atom. The summed E-state index contributed by atoms with van der Waals surface area (Å²) < 4.78 is 32.9. The Hall–Kier alpha value is -2.44. The number of fused-ring (bicyclic) bond motifs is 1. The molecule has 0 bridgehead atoms. The zero-order valence-corrected chi connectivity index (χ0v) is 19.7. The van der Waals surface area contributed by atoms with Gasteiger partial charge in [-0.2, -0.15) is 5.26 Å². The number of hydrogen-bond donors (Lipinski definition) is 0. The number of nitriles is 1. The molecular formula is C22H20Cl2N4O3S. The van der Waals surface area contributed by atoms with Crippen molar-refractivity contribution in [2.45, 2.75) is 36.2 Å². The van der Waals surface area contributed by atoms with Crippen LogP contribution in [-0.2, 0) is 14.6 Å². The summed E-state index contributed by atoms with van der Waals surface area (Å²) in [5.74, 6) is 0.346. The second kappa shape index (κ2) is 8.83. The van der Waals surface area contributed by atoms with E-state index >= 15 is 0 Å². The van der Waals surface area contributed by atoms with Crippen molar-refractivity contribution in [2.75, 3.05) is 18.0 Å². The number of hydrogen-bond acceptors (Lipinski definition) is 7. The van der Waals surface area contributed by atoms with Gasteiger partial charge in [0.05, 0.1) is 39.2 Å². The van der Waals surface area contributed by atoms with E-state index in [1.807, 2.05) is 30.9 Å². The highest BCUT2D eigenvalue weighted by atomic mass is 35.5. The van der Waals surface area contributed by atoms with Gasteiger partial charge in [-0.25, -0.2) is 18.4 Å². The molecule has 1 fully saturated rings. The molecule has 3 aromatic rings. The first-order valence-corrected chi connectivity index (χ1v) is 12.3. The van der Waals surface area contributed by atoms with Gasteiger partial charge in [0.2, 0.25) is 9.84 Å². The van der Waals surface area contributed by atoms with Crippen LogP contribution < -0.4 is 4.90 Å². The molecule has 0 saturated carbocycles. The van der Waals surface area contributed by atoms with Gasteiger partial charge >= 0.3 is 0 Å². The van der Waals surface area contributed by atoms with Gasteiger partial charge in [-0.1, -0.05) is 35.3 Å². The van der Waals surface area contributed by atoms with Crippen molar-refractivity contribution in [1.82, 2.24) is 9.97 Å². The highest BCUT2D eigenvalue weighted by Crippen LogP contribution is 2.37. The molecule has 0 N–H and O–H groups in total. The lowest BCUT2D eigenvalue weighted by molar-refractivity contribution is -0.00550. The van der Waals surface area contributed by atoms with Gasteiger partial charge in [-0.05, 0) is 44.2 Å². The Bertz CT molecular complexity index is 1320. The van der Waals surface area contributed by atoms with E-state index in [0.717, 1.165) is 0 Å². The number of ether oxygens (including phenoxy) is 1. The monoisotopic (exact) mass is 490 g/mol. The predicted molar refractivity (Wildman–Crippen MR) is 124 cm³/mol. The van der Waals surface area contributed by atoms with Gasteiger partial charge in [-0.3, -0.25) is 0 Å². The molecule has 4 rings (SSSR count). The molecule has 0 radical (unpaired) electrons. The third-order valence-electron chi connectivity index (χ3n) is 5.17. The Kier molecular flexibility index (Phi) is 6.28. The number of nitrogens with zero attached hydrogens (tertiary/aromatic N) is 4. The fraction of sp³-hybridized carbons (Fsp3) is 0.318. The average molecular weight is 491 g/mol. The minimum atomic E-state index is -4.25. The summed E-state index contributed by atoms with van der Waals surface area (Å²) >= 11 is 12.2. The normalized spacial score (nSPS) is 20.2. The smallest absolute Gasteiger partial charge is 0.202 e. The zero-order valence-electron chi connectivity index (χ0n) is 17.4. The van der Waals surface area contributed by atoms with Crippen molar-refractivity contribution < 1.29 is 13.2 Å². The molecule has 0 spiro atoms. The van der Waals surface area contributed by atoms with E-state index in [1.54, 1.807) is 18.2 Å². The maximum Gasteiger partial charge on any atom is 0.202 e. The number of rotatable bonds is 4. The lowest BCUT2D eigenvalue weighted by atomic mass is 10.2. The fourth-order valence-corrected chi connectivity index (χ4v) is 6.02. The van der Waals surface area contributed by atoms with Crippen molar-refractivity contribution in [3.8, 4) is 6.07 Å². The third-order valence-corrected chi connectivity index (χ3v) is 7.75. The molecule has 0 aliphatic carbocycles. The lowest BCUT2D eigenvalue weighted by Crippen LogP contribution is -2.46. The molecule has 7 nitrogen and oxygen atoms in total. The molecule has 1 saturated heterocycles. The summed E-state index contributed by atoms with van der Waals surface area (Å²) in [5.41, 5.74) is 1.16. The Morgan fingerprint density at radius 3 is 2.34 bits per heavy atom. The van der Waals surface area contributed by atoms with Crippen LogP contribution in [0.3, 0.4) is 0 Å². The molecule has 1 aromatic heterocycles. The van der Waals surface area contributed by atoms with E-state index in [0.29, 0.717) is 29.9 Å². The molecule has 2 heterocycles. The molecule has 166 valence electrons. The van der Waals surface area contributed by atoms with Gasteiger partial charge < -0.3 is 9.64 Å². The van der Waals surface area contributed by atoms with Crippen molar-refractivity contribution in [1.29, 1.82) is 5.26 Å². The number of halogens is 2. The van der Waals surface area contributed by atoms with Crippen LogP contribution >= 0.6 is 23.2 Å². The van der Waals surface area contributed by atoms with E-state index in [2.05, 4.69) is 4.98 Å². The Labute approximate surface area is 196 Å². The van der Waals surface area contributed by atoms with Crippen molar-refractivity contribution in [3.05, 3.63) is 58.2 Å². The standard InChI is InChI=1S/C22H20Cl2N4O3S/c1-13-11-28(12-14(2)31-13)22-21(26-17-5-3-4-6-18(17)27-22)20(10-25)32(29,30)19-9-15(23)7-8-16(19)24/h3-9,13-14,20H,11-12H2,1-2H3. The van der Waals surface area contributed by atoms with Crippen LogP contribution in [0.1, 0.15) is 24.8 Å². The number of para-hydroxylation sites is 2. The SMILES string of the molecule is CC1CN(c2nc3ccccc3nc2C(C#N)S(=O)(=O)c2cc(Cl)ccc2Cl)CC(C)O1. The van der Waals surface area contributed by atoms with Gasteiger partial charge in [0.15, 0.2) is 11.1 Å². The Balaban J connectivity index is 1.93. The summed E-state index contributed by atoms with van der Waals surface area (Å²) in [6.45, 7) is 4.84. The van der Waals surface area contributed by atoms with Crippen LogP contribution in [0.25, 0.3) is 11.0 Å². The van der Waals surface area contributed by atoms with Gasteiger partial charge in [0.1, 0.15) is 5.69 Å². The van der Waals surface area contributed by atoms with Crippen LogP contribution in [0.2, 0.25) is 10.0 Å². The summed E-state index contributed by atoms with van der Waals surface area (Å²) in [7, 11) is -4.25. The van der Waals surface area contributed by atoms with Gasteiger partial charge in [0.25, 0.3) is 0 Å². The second-order valence-corrected chi connectivity index (χ2v) is 10.6. The number of aromatic nitrogens is 2. The van der Waals surface area contributed by atoms with Gasteiger partial charge in [0, 0.05) is 18.1 Å². The summed E-state index contributed by atoms with van der Waals surface area (Å²) in [4.78, 5) is 11.0. The molecule has 2 aromatic carbocycles. The van der Waals surface area contributed by atoms with Crippen molar-refractivity contribution in [2.24, 2.45) is 0 Å². The predicted octanol–water partition coefficient (Wildman–Crippen LogP) is 4.59. The first-order valence-electron chi connectivity index (χ1n) is 9.96. The third kappa shape index (κ3) is 4.26. The first-order chi connectivity index (χ1) is 15.2. The van der Waals surface area contributed by atoms with Crippen LogP contribution in [0.5, 0.6) is 0 Å². The molecule has 32 heavy (non-hydrogen) atoms. The molecular weight excluding hydrogens is 471 g/mol. The average Bonchev–Trinajstić information content (AvgIpc) is 2.74. The molecule has 3 atom stereocenters. The van der Waals surface area contributed by atoms with Crippen molar-refractivity contribution in [3.63, 3.8) is 0 Å². The number of morpholine rings is 1. The fourth-order valence-electron chi connectivity index (χ4n) is 3.86. The molecule has 3 unspecified atom stereocenters. The number of sulfone groups is 1. The lowest BCUT2D eigenvalue weighted by Gasteiger charge is -2.37. The first kappa shape index (κ1) is 22.7. The maximum absolute atomic E-state index is 13.6. The van der Waals surface area contributed by atoms with E-state index in [9.17, 15) is 13.7 Å². The Morgan fingerprint density at radius 2 is 1.72 bits per heavy atom. The molecule has 10 heteroatoms. The highest BCUT2D eigenvalue weighted by Gasteiger charge is 2.37. The summed E-state index contributed by atoms with van der Waals surface area (Å²) in [6.07, 6.45) is -0.196. The topological polar surface area (TPSA) is 96.2 Å². The molecule has 0 amide bonds. The summed E-state index contributed by atoms with van der Waals surface area (Å²) in [6, 6.07) is 13.2. The number of benzene rings is 2. The van der Waals surface area contributed by atoms with E-state index < -0.39 is 15.1 Å². The zero-order chi connectivity index (χ0) is 23.0. The van der Waals surface area contributed by atoms with Crippen LogP contribution in [0, 0.1) is 11.3 Å². The van der Waals surface area contributed by atoms with E-state index in [-0.39, 0.29) is 32.8 Å². The van der Waals surface area contributed by atoms with E-state index in [4.69, 9.17) is 32.9 Å². The van der Waals surface area contributed by atoms with E-state index in [1.165, 1.54) is 18.2 Å². The van der Waals surface area contributed by atoms with Crippen molar-refractivity contribution >= 4 is 49.9 Å². The number of anilines is 1. The minimum Gasteiger partial charge on any atom is -0.372 e.